The Bertz CT molecular complexity index is 476. The molecule has 0 aliphatic heterocycles. The van der Waals surface area contributed by atoms with Crippen LogP contribution < -0.4 is 17.3 Å². The first kappa shape index (κ1) is 16.5. The van der Waals surface area contributed by atoms with E-state index in [1.165, 1.54) is 21.6 Å². The van der Waals surface area contributed by atoms with Gasteiger partial charge in [0.05, 0.1) is 20.6 Å². The molecule has 0 aliphatic rings. The Balaban J connectivity index is 0.00000200. The molecule has 2 aromatic carbocycles. The van der Waals surface area contributed by atoms with Crippen molar-refractivity contribution in [2.45, 2.75) is 6.42 Å². The average molecular weight is 288 g/mol. The van der Waals surface area contributed by atoms with E-state index < -0.39 is 0 Å². The van der Waals surface area contributed by atoms with Crippen LogP contribution in [0, 0.1) is 0 Å². The van der Waals surface area contributed by atoms with Crippen molar-refractivity contribution < 1.29 is 17.3 Å². The first-order valence-corrected chi connectivity index (χ1v) is 6.87. The van der Waals surface area contributed by atoms with Crippen molar-refractivity contribution in [2.75, 3.05) is 20.6 Å². The SMILES string of the molecule is C[NH+](C)CCC=C(c1ccccc1)c1ccccc1.[Cl-]. The van der Waals surface area contributed by atoms with E-state index in [1.807, 2.05) is 0 Å². The van der Waals surface area contributed by atoms with E-state index in [0.29, 0.717) is 0 Å². The standard InChI is InChI=1S/C18H21N.ClH/c1-19(2)15-9-14-18(16-10-5-3-6-11-16)17-12-7-4-8-13-17;/h3-8,10-14H,9,15H2,1-2H3;1H. The van der Waals surface area contributed by atoms with Gasteiger partial charge in [-0.1, -0.05) is 66.7 Å². The van der Waals surface area contributed by atoms with Gasteiger partial charge in [-0.15, -0.1) is 0 Å². The Kier molecular flexibility index (Phi) is 7.06. The summed E-state index contributed by atoms with van der Waals surface area (Å²) in [6.07, 6.45) is 3.46. The second kappa shape index (κ2) is 8.57. The van der Waals surface area contributed by atoms with Crippen LogP contribution in [0.2, 0.25) is 0 Å². The topological polar surface area (TPSA) is 4.44 Å². The van der Waals surface area contributed by atoms with Gasteiger partial charge in [0.25, 0.3) is 0 Å². The summed E-state index contributed by atoms with van der Waals surface area (Å²) in [7, 11) is 4.39. The minimum atomic E-state index is 0. The molecule has 0 saturated heterocycles. The fraction of sp³-hybridized carbons (Fsp3) is 0.222. The predicted molar refractivity (Wildman–Crippen MR) is 82.3 cm³/mol. The summed E-state index contributed by atoms with van der Waals surface area (Å²) in [4.78, 5) is 1.48. The molecule has 0 saturated carbocycles. The van der Waals surface area contributed by atoms with E-state index in [-0.39, 0.29) is 12.4 Å². The molecule has 0 radical (unpaired) electrons. The summed E-state index contributed by atoms with van der Waals surface area (Å²) in [6, 6.07) is 21.3. The molecule has 0 heterocycles. The van der Waals surface area contributed by atoms with E-state index in [9.17, 15) is 0 Å². The van der Waals surface area contributed by atoms with Gasteiger partial charge in [-0.3, -0.25) is 0 Å². The summed E-state index contributed by atoms with van der Waals surface area (Å²) in [5.41, 5.74) is 3.92. The zero-order valence-electron chi connectivity index (χ0n) is 12.1. The Hall–Kier alpha value is -1.57. The Morgan fingerprint density at radius 3 is 1.70 bits per heavy atom. The van der Waals surface area contributed by atoms with Gasteiger partial charge < -0.3 is 17.3 Å². The van der Waals surface area contributed by atoms with Crippen molar-refractivity contribution in [3.05, 3.63) is 77.9 Å². The van der Waals surface area contributed by atoms with Crippen LogP contribution in [-0.2, 0) is 0 Å². The zero-order valence-corrected chi connectivity index (χ0v) is 12.9. The molecule has 1 nitrogen and oxygen atoms in total. The lowest BCUT2D eigenvalue weighted by atomic mass is 9.97. The first-order chi connectivity index (χ1) is 9.27. The quantitative estimate of drug-likeness (QED) is 0.767. The number of nitrogens with one attached hydrogen (secondary N) is 1. The molecule has 0 spiro atoms. The third kappa shape index (κ3) is 4.84. The predicted octanol–water partition coefficient (Wildman–Crippen LogP) is -0.343. The maximum atomic E-state index is 2.36. The van der Waals surface area contributed by atoms with Crippen LogP contribution in [0.1, 0.15) is 17.5 Å². The number of hydrogen-bond acceptors (Lipinski definition) is 0. The van der Waals surface area contributed by atoms with Gasteiger partial charge in [0, 0.05) is 6.42 Å². The third-order valence-corrected chi connectivity index (χ3v) is 3.16. The molecule has 106 valence electrons. The lowest BCUT2D eigenvalue weighted by Gasteiger charge is -2.10. The van der Waals surface area contributed by atoms with Crippen LogP contribution in [0.15, 0.2) is 66.7 Å². The van der Waals surface area contributed by atoms with E-state index >= 15 is 0 Å². The van der Waals surface area contributed by atoms with Crippen LogP contribution in [0.5, 0.6) is 0 Å². The lowest BCUT2D eigenvalue weighted by molar-refractivity contribution is -0.857. The molecule has 0 fully saturated rings. The lowest BCUT2D eigenvalue weighted by Crippen LogP contribution is -3.05. The number of hydrogen-bond donors (Lipinski definition) is 1. The monoisotopic (exact) mass is 287 g/mol. The van der Waals surface area contributed by atoms with Crippen molar-refractivity contribution in [2.24, 2.45) is 0 Å². The van der Waals surface area contributed by atoms with Crippen molar-refractivity contribution in [1.29, 1.82) is 0 Å². The Morgan fingerprint density at radius 1 is 0.850 bits per heavy atom. The average Bonchev–Trinajstić information content (AvgIpc) is 2.45. The molecule has 1 N–H and O–H groups in total. The maximum absolute atomic E-state index is 2.36. The van der Waals surface area contributed by atoms with Crippen molar-refractivity contribution in [1.82, 2.24) is 0 Å². The molecule has 0 unspecified atom stereocenters. The minimum Gasteiger partial charge on any atom is -1.00 e. The van der Waals surface area contributed by atoms with Gasteiger partial charge in [0.1, 0.15) is 0 Å². The molecule has 0 aromatic heterocycles. The van der Waals surface area contributed by atoms with Crippen LogP contribution >= 0.6 is 0 Å². The maximum Gasteiger partial charge on any atom is 0.0802 e. The fourth-order valence-electron chi connectivity index (χ4n) is 2.14. The number of quaternary nitrogens is 1. The highest BCUT2D eigenvalue weighted by atomic mass is 35.5. The van der Waals surface area contributed by atoms with Crippen LogP contribution in [0.4, 0.5) is 0 Å². The van der Waals surface area contributed by atoms with Gasteiger partial charge in [-0.2, -0.15) is 0 Å². The van der Waals surface area contributed by atoms with Crippen LogP contribution in [0.3, 0.4) is 0 Å². The zero-order chi connectivity index (χ0) is 13.5. The number of benzene rings is 2. The third-order valence-electron chi connectivity index (χ3n) is 3.16. The molecule has 0 aliphatic carbocycles. The number of rotatable bonds is 5. The molecule has 0 bridgehead atoms. The van der Waals surface area contributed by atoms with Crippen molar-refractivity contribution in [3.63, 3.8) is 0 Å². The molecule has 2 aromatic rings. The van der Waals surface area contributed by atoms with E-state index in [1.54, 1.807) is 0 Å². The van der Waals surface area contributed by atoms with Crippen molar-refractivity contribution in [3.8, 4) is 0 Å². The summed E-state index contributed by atoms with van der Waals surface area (Å²) in [6.45, 7) is 1.16. The minimum absolute atomic E-state index is 0. The summed E-state index contributed by atoms with van der Waals surface area (Å²) in [5, 5.41) is 0. The number of halogens is 1. The van der Waals surface area contributed by atoms with Crippen LogP contribution in [-0.4, -0.2) is 20.6 Å². The highest BCUT2D eigenvalue weighted by molar-refractivity contribution is 5.79. The van der Waals surface area contributed by atoms with E-state index in [2.05, 4.69) is 80.8 Å². The molecule has 2 rings (SSSR count). The molecule has 0 amide bonds. The normalized spacial score (nSPS) is 9.95. The van der Waals surface area contributed by atoms with E-state index in [4.69, 9.17) is 0 Å². The molecule has 2 heteroatoms. The highest BCUT2D eigenvalue weighted by Gasteiger charge is 2.04. The van der Waals surface area contributed by atoms with Gasteiger partial charge >= 0.3 is 0 Å². The molecule has 20 heavy (non-hydrogen) atoms. The summed E-state index contributed by atoms with van der Waals surface area (Å²) < 4.78 is 0. The molecular weight excluding hydrogens is 266 g/mol. The fourth-order valence-corrected chi connectivity index (χ4v) is 2.14. The molecular formula is C18H22ClN. The molecule has 0 atom stereocenters. The van der Waals surface area contributed by atoms with Gasteiger partial charge in [0.2, 0.25) is 0 Å². The smallest absolute Gasteiger partial charge is 0.0802 e. The first-order valence-electron chi connectivity index (χ1n) is 6.87. The van der Waals surface area contributed by atoms with Crippen LogP contribution in [0.25, 0.3) is 5.57 Å². The Morgan fingerprint density at radius 2 is 1.30 bits per heavy atom. The largest absolute Gasteiger partial charge is 1.00 e. The van der Waals surface area contributed by atoms with E-state index in [0.717, 1.165) is 13.0 Å². The Labute approximate surface area is 128 Å². The van der Waals surface area contributed by atoms with Gasteiger partial charge in [0.15, 0.2) is 0 Å². The van der Waals surface area contributed by atoms with Crippen molar-refractivity contribution >= 4 is 5.57 Å². The highest BCUT2D eigenvalue weighted by Crippen LogP contribution is 2.23. The second-order valence-electron chi connectivity index (χ2n) is 5.10. The van der Waals surface area contributed by atoms with Gasteiger partial charge in [-0.25, -0.2) is 0 Å². The summed E-state index contributed by atoms with van der Waals surface area (Å²) >= 11 is 0. The second-order valence-corrected chi connectivity index (χ2v) is 5.10. The van der Waals surface area contributed by atoms with Gasteiger partial charge in [-0.05, 0) is 16.7 Å². The summed E-state index contributed by atoms with van der Waals surface area (Å²) in [5.74, 6) is 0.